The van der Waals surface area contributed by atoms with Gasteiger partial charge in [0.1, 0.15) is 5.82 Å². The van der Waals surface area contributed by atoms with Crippen LogP contribution in [-0.4, -0.2) is 14.6 Å². The zero-order valence-electron chi connectivity index (χ0n) is 9.93. The van der Waals surface area contributed by atoms with Crippen molar-refractivity contribution in [2.45, 2.75) is 25.8 Å². The summed E-state index contributed by atoms with van der Waals surface area (Å²) in [4.78, 5) is 4.74. The Morgan fingerprint density at radius 1 is 1.50 bits per heavy atom. The van der Waals surface area contributed by atoms with Crippen LogP contribution in [0.4, 0.5) is 4.39 Å². The van der Waals surface area contributed by atoms with Crippen molar-refractivity contribution < 1.29 is 4.39 Å². The summed E-state index contributed by atoms with van der Waals surface area (Å²) in [5.74, 6) is 5.18. The fraction of sp³-hybridized carbons (Fsp3) is 0.364. The molecule has 0 saturated carbocycles. The Hall–Kier alpha value is -1.44. The van der Waals surface area contributed by atoms with Crippen molar-refractivity contribution in [3.63, 3.8) is 0 Å². The lowest BCUT2D eigenvalue weighted by atomic mass is 10.1. The van der Waals surface area contributed by atoms with E-state index in [2.05, 4.69) is 26.9 Å². The van der Waals surface area contributed by atoms with E-state index in [9.17, 15) is 4.39 Å². The topological polar surface area (TPSA) is 76.7 Å². The molecular weight excluding hydrogens is 253 g/mol. The van der Waals surface area contributed by atoms with E-state index in [0.717, 1.165) is 29.6 Å². The number of nitrogens with one attached hydrogen (secondary N) is 1. The number of hydrazine groups is 1. The molecule has 1 atom stereocenters. The van der Waals surface area contributed by atoms with Crippen molar-refractivity contribution in [1.82, 2.24) is 20.0 Å². The van der Waals surface area contributed by atoms with Crippen LogP contribution in [-0.2, 0) is 6.42 Å². The van der Waals surface area contributed by atoms with Gasteiger partial charge in [-0.25, -0.2) is 9.82 Å². The molecule has 0 aliphatic carbocycles. The maximum atomic E-state index is 13.2. The summed E-state index contributed by atoms with van der Waals surface area (Å²) in [5, 5.41) is 4.08. The first kappa shape index (κ1) is 13.0. The van der Waals surface area contributed by atoms with E-state index in [0.29, 0.717) is 5.56 Å². The number of hydrogen-bond donors (Lipinski definition) is 2. The molecule has 0 amide bonds. The van der Waals surface area contributed by atoms with E-state index in [4.69, 9.17) is 5.84 Å². The molecule has 0 saturated heterocycles. The molecule has 0 aromatic carbocycles. The normalized spacial score (nSPS) is 12.6. The minimum atomic E-state index is -0.387. The lowest BCUT2D eigenvalue weighted by molar-refractivity contribution is 0.598. The van der Waals surface area contributed by atoms with Gasteiger partial charge >= 0.3 is 0 Å². The molecule has 0 aliphatic heterocycles. The minimum absolute atomic E-state index is 0.324. The van der Waals surface area contributed by atoms with Gasteiger partial charge in [-0.05, 0) is 29.6 Å². The van der Waals surface area contributed by atoms with Crippen molar-refractivity contribution in [3.8, 4) is 0 Å². The maximum Gasteiger partial charge on any atom is 0.141 e. The molecule has 0 aliphatic rings. The summed E-state index contributed by atoms with van der Waals surface area (Å²) in [6.07, 6.45) is 4.54. The van der Waals surface area contributed by atoms with Gasteiger partial charge in [0, 0.05) is 6.20 Å². The fourth-order valence-electron chi connectivity index (χ4n) is 1.75. The number of hydrogen-bond acceptors (Lipinski definition) is 6. The quantitative estimate of drug-likeness (QED) is 0.635. The molecule has 2 aromatic rings. The van der Waals surface area contributed by atoms with Gasteiger partial charge in [-0.3, -0.25) is 10.8 Å². The third-order valence-corrected chi connectivity index (χ3v) is 3.39. The molecule has 1 unspecified atom stereocenters. The number of rotatable bonds is 5. The van der Waals surface area contributed by atoms with Crippen LogP contribution in [0.1, 0.15) is 35.5 Å². The Bertz CT molecular complexity index is 516. The van der Waals surface area contributed by atoms with Crippen LogP contribution in [0.3, 0.4) is 0 Å². The molecule has 3 N–H and O–H groups in total. The van der Waals surface area contributed by atoms with E-state index in [1.807, 2.05) is 0 Å². The number of aryl methyl sites for hydroxylation is 1. The summed E-state index contributed by atoms with van der Waals surface area (Å²) in [6.45, 7) is 2.07. The van der Waals surface area contributed by atoms with Crippen LogP contribution in [0, 0.1) is 5.82 Å². The molecule has 2 rings (SSSR count). The molecule has 7 heteroatoms. The third-order valence-electron chi connectivity index (χ3n) is 2.56. The molecule has 2 heterocycles. The average Bonchev–Trinajstić information content (AvgIpc) is 2.79. The second-order valence-corrected chi connectivity index (χ2v) is 4.66. The molecule has 0 spiro atoms. The van der Waals surface area contributed by atoms with Gasteiger partial charge in [-0.2, -0.15) is 0 Å². The molecule has 0 bridgehead atoms. The summed E-state index contributed by atoms with van der Waals surface area (Å²) in [7, 11) is 0. The van der Waals surface area contributed by atoms with E-state index >= 15 is 0 Å². The van der Waals surface area contributed by atoms with Gasteiger partial charge < -0.3 is 0 Å². The Morgan fingerprint density at radius 3 is 3.00 bits per heavy atom. The number of nitrogens with two attached hydrogens (primary N) is 1. The second-order valence-electron chi connectivity index (χ2n) is 3.87. The highest BCUT2D eigenvalue weighted by atomic mass is 32.1. The lowest BCUT2D eigenvalue weighted by Gasteiger charge is -2.14. The lowest BCUT2D eigenvalue weighted by Crippen LogP contribution is -2.29. The summed E-state index contributed by atoms with van der Waals surface area (Å²) in [5.41, 5.74) is 4.24. The fourth-order valence-corrected chi connectivity index (χ4v) is 2.54. The average molecular weight is 267 g/mol. The highest BCUT2D eigenvalue weighted by molar-refractivity contribution is 7.05. The van der Waals surface area contributed by atoms with Crippen molar-refractivity contribution in [3.05, 3.63) is 40.4 Å². The highest BCUT2D eigenvalue weighted by Gasteiger charge is 2.20. The Labute approximate surface area is 108 Å². The molecule has 0 radical (unpaired) electrons. The van der Waals surface area contributed by atoms with E-state index in [1.54, 1.807) is 6.20 Å². The largest absolute Gasteiger partial charge is 0.271 e. The molecule has 2 aromatic heterocycles. The first-order valence-electron chi connectivity index (χ1n) is 5.64. The number of halogens is 1. The maximum absolute atomic E-state index is 13.2. The van der Waals surface area contributed by atoms with Crippen molar-refractivity contribution in [2.75, 3.05) is 0 Å². The molecular formula is C11H14FN5S. The van der Waals surface area contributed by atoms with Crippen LogP contribution in [0.5, 0.6) is 0 Å². The third kappa shape index (κ3) is 2.69. The van der Waals surface area contributed by atoms with Crippen LogP contribution >= 0.6 is 11.5 Å². The Morgan fingerprint density at radius 2 is 2.33 bits per heavy atom. The molecule has 5 nitrogen and oxygen atoms in total. The summed E-state index contributed by atoms with van der Waals surface area (Å²) >= 11 is 1.27. The molecule has 96 valence electrons. The van der Waals surface area contributed by atoms with Gasteiger partial charge in [0.05, 0.1) is 22.8 Å². The van der Waals surface area contributed by atoms with Crippen LogP contribution < -0.4 is 11.3 Å². The molecule has 0 fully saturated rings. The van der Waals surface area contributed by atoms with Gasteiger partial charge in [0.2, 0.25) is 0 Å². The monoisotopic (exact) mass is 267 g/mol. The highest BCUT2D eigenvalue weighted by Crippen LogP contribution is 2.27. The Kier molecular flexibility index (Phi) is 4.29. The van der Waals surface area contributed by atoms with Gasteiger partial charge in [-0.1, -0.05) is 17.8 Å². The van der Waals surface area contributed by atoms with E-state index in [1.165, 1.54) is 17.6 Å². The zero-order valence-corrected chi connectivity index (χ0v) is 10.7. The minimum Gasteiger partial charge on any atom is -0.271 e. The number of nitrogens with zero attached hydrogens (tertiary/aromatic N) is 3. The summed E-state index contributed by atoms with van der Waals surface area (Å²) in [6, 6.07) is 1.09. The van der Waals surface area contributed by atoms with Crippen LogP contribution in [0.15, 0.2) is 18.5 Å². The zero-order chi connectivity index (χ0) is 13.0. The number of aromatic nitrogens is 3. The smallest absolute Gasteiger partial charge is 0.141 e. The van der Waals surface area contributed by atoms with Gasteiger partial charge in [0.15, 0.2) is 0 Å². The second kappa shape index (κ2) is 5.94. The van der Waals surface area contributed by atoms with Crippen LogP contribution in [0.25, 0.3) is 0 Å². The standard InChI is InChI=1S/C11H14FN5S/c1-2-3-9-11(18-17-16-9)10(15-13)7-4-8(12)6-14-5-7/h4-6,10,15H,2-3,13H2,1H3. The first-order chi connectivity index (χ1) is 8.76. The van der Waals surface area contributed by atoms with Crippen LogP contribution in [0.2, 0.25) is 0 Å². The molecule has 18 heavy (non-hydrogen) atoms. The van der Waals surface area contributed by atoms with Gasteiger partial charge in [-0.15, -0.1) is 5.10 Å². The van der Waals surface area contributed by atoms with E-state index < -0.39 is 0 Å². The SMILES string of the molecule is CCCc1nnsc1C(NN)c1cncc(F)c1. The Balaban J connectivity index is 2.36. The first-order valence-corrected chi connectivity index (χ1v) is 6.41. The summed E-state index contributed by atoms with van der Waals surface area (Å²) < 4.78 is 17.1. The van der Waals surface area contributed by atoms with Crippen molar-refractivity contribution >= 4 is 11.5 Å². The van der Waals surface area contributed by atoms with Gasteiger partial charge in [0.25, 0.3) is 0 Å². The van der Waals surface area contributed by atoms with Crippen molar-refractivity contribution in [2.24, 2.45) is 5.84 Å². The number of pyridine rings is 1. The predicted octanol–water partition coefficient (Wildman–Crippen LogP) is 1.58. The predicted molar refractivity (Wildman–Crippen MR) is 67.3 cm³/mol. The van der Waals surface area contributed by atoms with Crippen molar-refractivity contribution in [1.29, 1.82) is 0 Å². The van der Waals surface area contributed by atoms with E-state index in [-0.39, 0.29) is 11.9 Å².